The van der Waals surface area contributed by atoms with Crippen molar-refractivity contribution in [3.05, 3.63) is 71.5 Å². The zero-order chi connectivity index (χ0) is 20.7. The summed E-state index contributed by atoms with van der Waals surface area (Å²) in [6.07, 6.45) is 5.87. The van der Waals surface area contributed by atoms with Crippen LogP contribution >= 0.6 is 0 Å². The monoisotopic (exact) mass is 392 g/mol. The predicted molar refractivity (Wildman–Crippen MR) is 117 cm³/mol. The fourth-order valence-electron chi connectivity index (χ4n) is 4.60. The Bertz CT molecular complexity index is 807. The first-order valence-electron chi connectivity index (χ1n) is 11.0. The van der Waals surface area contributed by atoms with Gasteiger partial charge in [-0.2, -0.15) is 5.26 Å². The van der Waals surface area contributed by atoms with E-state index in [0.717, 1.165) is 51.6 Å². The fourth-order valence-corrected chi connectivity index (χ4v) is 4.60. The van der Waals surface area contributed by atoms with Gasteiger partial charge in [-0.25, -0.2) is 4.39 Å². The lowest BCUT2D eigenvalue weighted by Gasteiger charge is -2.41. The largest absolute Gasteiger partial charge is 0.301 e. The molecule has 0 N–H and O–H groups in total. The van der Waals surface area contributed by atoms with Crippen molar-refractivity contribution in [2.45, 2.75) is 63.8 Å². The van der Waals surface area contributed by atoms with E-state index >= 15 is 0 Å². The molecule has 0 bridgehead atoms. The number of rotatable bonds is 10. The predicted octanol–water partition coefficient (Wildman–Crippen LogP) is 6.12. The SMILES string of the molecule is CC(C)N(CCCC(C#N)(c1ccccc1F)C1CCC1)CCc1ccccc1. The van der Waals surface area contributed by atoms with Gasteiger partial charge in [0.1, 0.15) is 5.82 Å². The molecule has 0 radical (unpaired) electrons. The van der Waals surface area contributed by atoms with Gasteiger partial charge in [0.15, 0.2) is 0 Å². The first-order valence-corrected chi connectivity index (χ1v) is 11.0. The molecule has 0 saturated heterocycles. The summed E-state index contributed by atoms with van der Waals surface area (Å²) in [5.74, 6) is 0.0481. The molecular weight excluding hydrogens is 359 g/mol. The van der Waals surface area contributed by atoms with Gasteiger partial charge in [-0.1, -0.05) is 55.0 Å². The van der Waals surface area contributed by atoms with Gasteiger partial charge in [0.25, 0.3) is 0 Å². The quantitative estimate of drug-likeness (QED) is 0.487. The lowest BCUT2D eigenvalue weighted by molar-refractivity contribution is 0.171. The van der Waals surface area contributed by atoms with Gasteiger partial charge in [-0.15, -0.1) is 0 Å². The molecule has 2 aromatic carbocycles. The van der Waals surface area contributed by atoms with Gasteiger partial charge >= 0.3 is 0 Å². The lowest BCUT2D eigenvalue weighted by atomic mass is 9.60. The number of nitriles is 1. The summed E-state index contributed by atoms with van der Waals surface area (Å²) in [6.45, 7) is 6.40. The third-order valence-corrected chi connectivity index (χ3v) is 6.63. The molecule has 0 aliphatic heterocycles. The molecule has 1 unspecified atom stereocenters. The van der Waals surface area contributed by atoms with E-state index in [9.17, 15) is 9.65 Å². The highest BCUT2D eigenvalue weighted by Gasteiger charge is 2.44. The van der Waals surface area contributed by atoms with Crippen molar-refractivity contribution in [3.8, 4) is 6.07 Å². The van der Waals surface area contributed by atoms with Crippen molar-refractivity contribution >= 4 is 0 Å². The van der Waals surface area contributed by atoms with Crippen molar-refractivity contribution in [2.24, 2.45) is 5.92 Å². The minimum absolute atomic E-state index is 0.231. The minimum atomic E-state index is -0.689. The van der Waals surface area contributed by atoms with E-state index in [0.29, 0.717) is 11.6 Å². The molecule has 1 atom stereocenters. The maximum absolute atomic E-state index is 14.7. The zero-order valence-corrected chi connectivity index (χ0v) is 17.8. The molecule has 3 heteroatoms. The van der Waals surface area contributed by atoms with Crippen LogP contribution < -0.4 is 0 Å². The molecule has 0 aromatic heterocycles. The lowest BCUT2D eigenvalue weighted by Crippen LogP contribution is -2.40. The van der Waals surface area contributed by atoms with Crippen LogP contribution in [0.4, 0.5) is 4.39 Å². The van der Waals surface area contributed by atoms with E-state index in [1.54, 1.807) is 6.07 Å². The van der Waals surface area contributed by atoms with Crippen LogP contribution in [0.2, 0.25) is 0 Å². The van der Waals surface area contributed by atoms with Gasteiger partial charge in [0.05, 0.1) is 11.5 Å². The third kappa shape index (κ3) is 5.06. The molecule has 2 aromatic rings. The highest BCUT2D eigenvalue weighted by Crippen LogP contribution is 2.47. The normalized spacial score (nSPS) is 16.4. The van der Waals surface area contributed by atoms with E-state index in [2.05, 4.69) is 49.1 Å². The van der Waals surface area contributed by atoms with Crippen molar-refractivity contribution in [3.63, 3.8) is 0 Å². The average Bonchev–Trinajstić information content (AvgIpc) is 2.69. The Labute approximate surface area is 175 Å². The molecular formula is C26H33FN2. The zero-order valence-electron chi connectivity index (χ0n) is 17.8. The van der Waals surface area contributed by atoms with Crippen LogP contribution in [0.15, 0.2) is 54.6 Å². The van der Waals surface area contributed by atoms with Crippen LogP contribution in [0, 0.1) is 23.1 Å². The van der Waals surface area contributed by atoms with Gasteiger partial charge in [0, 0.05) is 18.2 Å². The summed E-state index contributed by atoms with van der Waals surface area (Å²) in [5, 5.41) is 10.2. The molecule has 0 spiro atoms. The van der Waals surface area contributed by atoms with E-state index in [1.165, 1.54) is 11.6 Å². The van der Waals surface area contributed by atoms with E-state index in [1.807, 2.05) is 18.2 Å². The van der Waals surface area contributed by atoms with Crippen LogP contribution in [-0.4, -0.2) is 24.0 Å². The third-order valence-electron chi connectivity index (χ3n) is 6.63. The van der Waals surface area contributed by atoms with Crippen molar-refractivity contribution in [1.29, 1.82) is 5.26 Å². The highest BCUT2D eigenvalue weighted by atomic mass is 19.1. The van der Waals surface area contributed by atoms with Crippen molar-refractivity contribution in [1.82, 2.24) is 4.90 Å². The Morgan fingerprint density at radius 2 is 1.76 bits per heavy atom. The molecule has 2 nitrogen and oxygen atoms in total. The van der Waals surface area contributed by atoms with Crippen LogP contribution in [-0.2, 0) is 11.8 Å². The summed E-state index contributed by atoms with van der Waals surface area (Å²) >= 11 is 0. The van der Waals surface area contributed by atoms with Crippen molar-refractivity contribution < 1.29 is 4.39 Å². The summed E-state index contributed by atoms with van der Waals surface area (Å²) < 4.78 is 14.7. The van der Waals surface area contributed by atoms with E-state index in [4.69, 9.17) is 0 Å². The first kappa shape index (κ1) is 21.5. The topological polar surface area (TPSA) is 27.0 Å². The average molecular weight is 393 g/mol. The Morgan fingerprint density at radius 3 is 2.34 bits per heavy atom. The first-order chi connectivity index (χ1) is 14.1. The van der Waals surface area contributed by atoms with E-state index < -0.39 is 5.41 Å². The molecule has 154 valence electrons. The molecule has 1 aliphatic carbocycles. The van der Waals surface area contributed by atoms with Crippen LogP contribution in [0.1, 0.15) is 57.1 Å². The second kappa shape index (κ2) is 10.0. The molecule has 29 heavy (non-hydrogen) atoms. The molecule has 3 rings (SSSR count). The second-order valence-electron chi connectivity index (χ2n) is 8.66. The second-order valence-corrected chi connectivity index (χ2v) is 8.66. The van der Waals surface area contributed by atoms with Gasteiger partial charge in [0.2, 0.25) is 0 Å². The van der Waals surface area contributed by atoms with Crippen LogP contribution in [0.3, 0.4) is 0 Å². The summed E-state index contributed by atoms with van der Waals surface area (Å²) in [6, 6.07) is 20.5. The smallest absolute Gasteiger partial charge is 0.128 e. The molecule has 1 saturated carbocycles. The molecule has 0 amide bonds. The van der Waals surface area contributed by atoms with Crippen molar-refractivity contribution in [2.75, 3.05) is 13.1 Å². The molecule has 0 heterocycles. The summed E-state index contributed by atoms with van der Waals surface area (Å²) in [7, 11) is 0. The number of hydrogen-bond acceptors (Lipinski definition) is 2. The maximum Gasteiger partial charge on any atom is 0.128 e. The standard InChI is InChI=1S/C26H33FN2/c1-21(2)29(19-16-22-10-4-3-5-11-22)18-9-17-26(20-28,23-12-8-13-23)24-14-6-7-15-25(24)27/h3-7,10-11,14-15,21,23H,8-9,12-13,16-19H2,1-2H3. The van der Waals surface area contributed by atoms with Gasteiger partial charge in [-0.05, 0) is 70.0 Å². The number of halogens is 1. The Kier molecular flexibility index (Phi) is 7.45. The minimum Gasteiger partial charge on any atom is -0.301 e. The highest BCUT2D eigenvalue weighted by molar-refractivity contribution is 5.35. The number of nitrogens with zero attached hydrogens (tertiary/aromatic N) is 2. The van der Waals surface area contributed by atoms with Crippen LogP contribution in [0.5, 0.6) is 0 Å². The summed E-state index contributed by atoms with van der Waals surface area (Å²) in [5.41, 5.74) is 1.27. The van der Waals surface area contributed by atoms with Crippen LogP contribution in [0.25, 0.3) is 0 Å². The number of hydrogen-bond donors (Lipinski definition) is 0. The maximum atomic E-state index is 14.7. The Hall–Kier alpha value is -2.18. The Morgan fingerprint density at radius 1 is 1.07 bits per heavy atom. The molecule has 1 fully saturated rings. The fraction of sp³-hybridized carbons (Fsp3) is 0.500. The Balaban J connectivity index is 1.67. The molecule has 1 aliphatic rings. The number of benzene rings is 2. The summed E-state index contributed by atoms with van der Waals surface area (Å²) in [4.78, 5) is 2.48. The van der Waals surface area contributed by atoms with Gasteiger partial charge < -0.3 is 4.90 Å². The van der Waals surface area contributed by atoms with Gasteiger partial charge in [-0.3, -0.25) is 0 Å². The van der Waals surface area contributed by atoms with E-state index in [-0.39, 0.29) is 11.7 Å².